The molecule has 0 aliphatic carbocycles. The minimum Gasteiger partial charge on any atom is -0.467 e. The molecule has 0 N–H and O–H groups in total. The summed E-state index contributed by atoms with van der Waals surface area (Å²) in [7, 11) is 0. The lowest BCUT2D eigenvalue weighted by Gasteiger charge is -1.95. The van der Waals surface area contributed by atoms with Gasteiger partial charge in [0.25, 0.3) is 0 Å². The molecule has 0 atom stereocenters. The molecule has 0 unspecified atom stereocenters. The summed E-state index contributed by atoms with van der Waals surface area (Å²) in [6.07, 6.45) is 0. The maximum atomic E-state index is 5.26. The number of hydrogen-bond acceptors (Lipinski definition) is 5. The number of nitrogens with zero attached hydrogens (tertiary/aromatic N) is 4. The van der Waals surface area contributed by atoms with Crippen molar-refractivity contribution in [1.82, 2.24) is 0 Å². The first-order valence-electron chi connectivity index (χ1n) is 3.54. The summed E-state index contributed by atoms with van der Waals surface area (Å²) in [6.45, 7) is 0.376. The minimum atomic E-state index is 0.376. The van der Waals surface area contributed by atoms with Gasteiger partial charge in [0.1, 0.15) is 10.7 Å². The molecule has 1 aromatic carbocycles. The SMILES string of the molecule is c1cc2c(c3c1=NN=N3)OCN=2. The molecule has 0 saturated carbocycles. The topological polar surface area (TPSA) is 58.7 Å². The standard InChI is InChI=1S/C7H4N4O/c1-2-5-7(12-3-8-5)6-4(1)9-11-10-6/h1-2H,3H2. The van der Waals surface area contributed by atoms with E-state index in [1.54, 1.807) is 0 Å². The normalized spacial score (nSPS) is 16.0. The second-order valence-corrected chi connectivity index (χ2v) is 2.50. The van der Waals surface area contributed by atoms with Gasteiger partial charge in [0.2, 0.25) is 0 Å². The van der Waals surface area contributed by atoms with Crippen LogP contribution in [0.4, 0.5) is 5.69 Å². The Balaban J connectivity index is 2.50. The fraction of sp³-hybridized carbons (Fsp3) is 0.143. The molecule has 2 heterocycles. The molecule has 1 aromatic rings. The molecule has 5 nitrogen and oxygen atoms in total. The zero-order valence-corrected chi connectivity index (χ0v) is 6.06. The van der Waals surface area contributed by atoms with E-state index in [1.807, 2.05) is 12.1 Å². The second kappa shape index (κ2) is 1.88. The molecule has 0 amide bonds. The Hall–Kier alpha value is -1.78. The number of hydrogen-bond donors (Lipinski definition) is 0. The van der Waals surface area contributed by atoms with Gasteiger partial charge in [0, 0.05) is 0 Å². The summed E-state index contributed by atoms with van der Waals surface area (Å²) in [5, 5.41) is 12.8. The van der Waals surface area contributed by atoms with Crippen LogP contribution in [0.5, 0.6) is 5.75 Å². The van der Waals surface area contributed by atoms with Crippen molar-refractivity contribution in [2.45, 2.75) is 0 Å². The van der Waals surface area contributed by atoms with Crippen LogP contribution >= 0.6 is 0 Å². The van der Waals surface area contributed by atoms with Gasteiger partial charge in [0.15, 0.2) is 18.2 Å². The van der Waals surface area contributed by atoms with Crippen molar-refractivity contribution in [3.63, 3.8) is 0 Å². The molecule has 5 heteroatoms. The van der Waals surface area contributed by atoms with Crippen molar-refractivity contribution < 1.29 is 4.74 Å². The third-order valence-electron chi connectivity index (χ3n) is 1.83. The van der Waals surface area contributed by atoms with Gasteiger partial charge >= 0.3 is 0 Å². The summed E-state index contributed by atoms with van der Waals surface area (Å²) < 4.78 is 5.26. The molecule has 0 aromatic heterocycles. The van der Waals surface area contributed by atoms with Gasteiger partial charge in [-0.05, 0) is 17.4 Å². The highest BCUT2D eigenvalue weighted by molar-refractivity contribution is 5.51. The summed E-state index contributed by atoms with van der Waals surface area (Å²) in [5.74, 6) is 0.706. The molecule has 0 radical (unpaired) electrons. The number of fused-ring (bicyclic) bond motifs is 3. The Bertz CT molecular complexity index is 491. The maximum Gasteiger partial charge on any atom is 0.180 e. The first-order valence-corrected chi connectivity index (χ1v) is 3.54. The van der Waals surface area contributed by atoms with Crippen molar-refractivity contribution >= 4 is 5.69 Å². The van der Waals surface area contributed by atoms with Crippen molar-refractivity contribution in [2.24, 2.45) is 20.4 Å². The molecule has 58 valence electrons. The molecular weight excluding hydrogens is 156 g/mol. The van der Waals surface area contributed by atoms with Crippen LogP contribution in [0, 0.1) is 0 Å². The monoisotopic (exact) mass is 160 g/mol. The molecule has 0 bridgehead atoms. The third kappa shape index (κ3) is 0.578. The van der Waals surface area contributed by atoms with Crippen LogP contribution in [0.15, 0.2) is 32.6 Å². The second-order valence-electron chi connectivity index (χ2n) is 2.50. The van der Waals surface area contributed by atoms with Crippen LogP contribution in [0.25, 0.3) is 0 Å². The highest BCUT2D eigenvalue weighted by Gasteiger charge is 2.15. The Morgan fingerprint density at radius 3 is 3.17 bits per heavy atom. The molecular formula is C7H4N4O. The molecule has 2 aliphatic heterocycles. The predicted molar refractivity (Wildman–Crippen MR) is 38.8 cm³/mol. The van der Waals surface area contributed by atoms with Crippen molar-refractivity contribution in [1.29, 1.82) is 0 Å². The van der Waals surface area contributed by atoms with Crippen molar-refractivity contribution in [3.8, 4) is 5.75 Å². The maximum absolute atomic E-state index is 5.26. The zero-order chi connectivity index (χ0) is 7.97. The number of rotatable bonds is 0. The van der Waals surface area contributed by atoms with Gasteiger partial charge in [-0.1, -0.05) is 0 Å². The average molecular weight is 160 g/mol. The number of ether oxygens (including phenoxy) is 1. The molecule has 0 spiro atoms. The minimum absolute atomic E-state index is 0.376. The van der Waals surface area contributed by atoms with E-state index < -0.39 is 0 Å². The first kappa shape index (κ1) is 5.82. The Kier molecular flexibility index (Phi) is 0.910. The van der Waals surface area contributed by atoms with E-state index in [-0.39, 0.29) is 0 Å². The largest absolute Gasteiger partial charge is 0.467 e. The van der Waals surface area contributed by atoms with Gasteiger partial charge in [-0.25, -0.2) is 4.99 Å². The molecule has 0 fully saturated rings. The van der Waals surface area contributed by atoms with Crippen LogP contribution in [-0.2, 0) is 0 Å². The van der Waals surface area contributed by atoms with Crippen LogP contribution in [0.3, 0.4) is 0 Å². The average Bonchev–Trinajstić information content (AvgIpc) is 2.71. The molecule has 12 heavy (non-hydrogen) atoms. The predicted octanol–water partition coefficient (Wildman–Crippen LogP) is 0.288. The Labute approximate surface area is 67.1 Å². The van der Waals surface area contributed by atoms with Gasteiger partial charge in [-0.2, -0.15) is 0 Å². The molecule has 0 saturated heterocycles. The van der Waals surface area contributed by atoms with Gasteiger partial charge in [-0.15, -0.1) is 10.2 Å². The van der Waals surface area contributed by atoms with Crippen LogP contribution in [0.2, 0.25) is 0 Å². The van der Waals surface area contributed by atoms with Crippen LogP contribution < -0.4 is 15.5 Å². The summed E-state index contributed by atoms with van der Waals surface area (Å²) in [5.41, 5.74) is 0.703. The molecule has 3 rings (SSSR count). The zero-order valence-electron chi connectivity index (χ0n) is 6.06. The fourth-order valence-electron chi connectivity index (χ4n) is 1.28. The fourth-order valence-corrected chi connectivity index (χ4v) is 1.28. The van der Waals surface area contributed by atoms with E-state index in [9.17, 15) is 0 Å². The van der Waals surface area contributed by atoms with E-state index in [4.69, 9.17) is 4.74 Å². The van der Waals surface area contributed by atoms with E-state index in [1.165, 1.54) is 0 Å². The van der Waals surface area contributed by atoms with Crippen molar-refractivity contribution in [2.75, 3.05) is 6.73 Å². The highest BCUT2D eigenvalue weighted by Crippen LogP contribution is 2.23. The van der Waals surface area contributed by atoms with E-state index in [2.05, 4.69) is 20.4 Å². The summed E-state index contributed by atoms with van der Waals surface area (Å²) in [6, 6.07) is 3.70. The third-order valence-corrected chi connectivity index (χ3v) is 1.83. The molecule has 2 aliphatic rings. The quantitative estimate of drug-likeness (QED) is 0.538. The van der Waals surface area contributed by atoms with E-state index in [0.29, 0.717) is 18.2 Å². The van der Waals surface area contributed by atoms with Gasteiger partial charge in [-0.3, -0.25) is 0 Å². The van der Waals surface area contributed by atoms with Crippen molar-refractivity contribution in [3.05, 3.63) is 22.8 Å². The lowest BCUT2D eigenvalue weighted by atomic mass is 10.3. The van der Waals surface area contributed by atoms with Gasteiger partial charge < -0.3 is 4.74 Å². The Morgan fingerprint density at radius 2 is 2.17 bits per heavy atom. The summed E-state index contributed by atoms with van der Waals surface area (Å²) in [4.78, 5) is 4.11. The number of benzene rings is 1. The smallest absolute Gasteiger partial charge is 0.180 e. The van der Waals surface area contributed by atoms with Crippen LogP contribution in [0.1, 0.15) is 0 Å². The van der Waals surface area contributed by atoms with Gasteiger partial charge in [0.05, 0.1) is 0 Å². The highest BCUT2D eigenvalue weighted by atomic mass is 16.5. The van der Waals surface area contributed by atoms with Crippen LogP contribution in [-0.4, -0.2) is 6.73 Å². The lowest BCUT2D eigenvalue weighted by Crippen LogP contribution is -2.07. The Morgan fingerprint density at radius 1 is 1.25 bits per heavy atom. The lowest BCUT2D eigenvalue weighted by molar-refractivity contribution is 0.353. The first-order chi connectivity index (χ1) is 5.95. The van der Waals surface area contributed by atoms with E-state index in [0.717, 1.165) is 10.7 Å². The summed E-state index contributed by atoms with van der Waals surface area (Å²) >= 11 is 0. The van der Waals surface area contributed by atoms with E-state index >= 15 is 0 Å².